The van der Waals surface area contributed by atoms with E-state index >= 15 is 0 Å². The van der Waals surface area contributed by atoms with E-state index in [4.69, 9.17) is 4.74 Å². The molecule has 7 heteroatoms. The minimum atomic E-state index is -1.63. The van der Waals surface area contributed by atoms with Crippen LogP contribution in [0.2, 0.25) is 0 Å². The highest BCUT2D eigenvalue weighted by Gasteiger charge is 2.27. The molecule has 0 bridgehead atoms. The molecule has 1 fully saturated rings. The Hall–Kier alpha value is -1.37. The van der Waals surface area contributed by atoms with Gasteiger partial charge in [-0.2, -0.15) is 22.5 Å². The lowest BCUT2D eigenvalue weighted by Crippen LogP contribution is -2.37. The Labute approximate surface area is 120 Å². The predicted octanol–water partition coefficient (Wildman–Crippen LogP) is 3.42. The van der Waals surface area contributed by atoms with Crippen LogP contribution in [0.5, 0.6) is 0 Å². The highest BCUT2D eigenvalue weighted by Crippen LogP contribution is 2.27. The Kier molecular flexibility index (Phi) is 5.39. The van der Waals surface area contributed by atoms with Gasteiger partial charge >= 0.3 is 0 Å². The second-order valence-corrected chi connectivity index (χ2v) is 5.10. The van der Waals surface area contributed by atoms with Gasteiger partial charge in [0.1, 0.15) is 5.69 Å². The first-order valence-electron chi connectivity index (χ1n) is 7.11. The molecule has 1 atom stereocenters. The van der Waals surface area contributed by atoms with Crippen LogP contribution in [0.25, 0.3) is 0 Å². The van der Waals surface area contributed by atoms with Crippen LogP contribution in [0.3, 0.4) is 0 Å². The van der Waals surface area contributed by atoms with Gasteiger partial charge in [0.15, 0.2) is 0 Å². The summed E-state index contributed by atoms with van der Waals surface area (Å²) in [5, 5.41) is 0. The average molecular weight is 306 g/mol. The van der Waals surface area contributed by atoms with E-state index in [9.17, 15) is 17.6 Å². The number of aromatic nitrogens is 1. The van der Waals surface area contributed by atoms with Crippen molar-refractivity contribution in [1.82, 2.24) is 4.98 Å². The first kappa shape index (κ1) is 16.0. The van der Waals surface area contributed by atoms with Crippen LogP contribution in [0.1, 0.15) is 32.6 Å². The molecular weight excluding hydrogens is 288 g/mol. The summed E-state index contributed by atoms with van der Waals surface area (Å²) in [5.74, 6) is -6.18. The molecule has 0 aromatic carbocycles. The van der Waals surface area contributed by atoms with Gasteiger partial charge in [-0.1, -0.05) is 6.92 Å². The van der Waals surface area contributed by atoms with Gasteiger partial charge in [0.25, 0.3) is 11.9 Å². The zero-order valence-electron chi connectivity index (χ0n) is 11.8. The topological polar surface area (TPSA) is 25.4 Å². The molecule has 3 nitrogen and oxygen atoms in total. The van der Waals surface area contributed by atoms with E-state index in [-0.39, 0.29) is 19.2 Å². The molecule has 1 unspecified atom stereocenters. The van der Waals surface area contributed by atoms with Crippen LogP contribution in [-0.4, -0.2) is 30.8 Å². The zero-order chi connectivity index (χ0) is 15.4. The Balaban J connectivity index is 2.28. The maximum Gasteiger partial charge on any atom is 0.253 e. The molecule has 1 saturated heterocycles. The van der Waals surface area contributed by atoms with Crippen molar-refractivity contribution in [2.24, 2.45) is 0 Å². The number of ether oxygens (including phenoxy) is 1. The van der Waals surface area contributed by atoms with Crippen LogP contribution < -0.4 is 4.90 Å². The molecule has 0 saturated carbocycles. The van der Waals surface area contributed by atoms with E-state index in [1.54, 1.807) is 0 Å². The summed E-state index contributed by atoms with van der Waals surface area (Å²) < 4.78 is 59.7. The van der Waals surface area contributed by atoms with Crippen LogP contribution in [-0.2, 0) is 4.74 Å². The molecule has 1 aromatic heterocycles. The molecule has 0 aliphatic carbocycles. The lowest BCUT2D eigenvalue weighted by Gasteiger charge is -2.31. The van der Waals surface area contributed by atoms with Crippen molar-refractivity contribution >= 4 is 5.69 Å². The minimum absolute atomic E-state index is 0.191. The summed E-state index contributed by atoms with van der Waals surface area (Å²) in [4.78, 5) is 3.88. The fourth-order valence-corrected chi connectivity index (χ4v) is 2.52. The van der Waals surface area contributed by atoms with Crippen molar-refractivity contribution in [1.29, 1.82) is 0 Å². The minimum Gasteiger partial charge on any atom is -0.376 e. The zero-order valence-corrected chi connectivity index (χ0v) is 11.8. The predicted molar refractivity (Wildman–Crippen MR) is 70.2 cm³/mol. The van der Waals surface area contributed by atoms with Crippen molar-refractivity contribution in [2.75, 3.05) is 24.6 Å². The Morgan fingerprint density at radius 3 is 2.33 bits per heavy atom. The molecular formula is C14H18F4N2O. The number of halogens is 4. The number of nitrogens with zero attached hydrogens (tertiary/aromatic N) is 2. The van der Waals surface area contributed by atoms with E-state index < -0.39 is 29.2 Å². The van der Waals surface area contributed by atoms with E-state index in [0.29, 0.717) is 13.0 Å². The SMILES string of the molecule is CCCN(CC1CCCCO1)c1c(F)c(F)nc(F)c1F. The molecule has 0 spiro atoms. The van der Waals surface area contributed by atoms with E-state index in [2.05, 4.69) is 4.98 Å². The van der Waals surface area contributed by atoms with Crippen LogP contribution in [0, 0.1) is 23.5 Å². The fraction of sp³-hybridized carbons (Fsp3) is 0.643. The molecule has 0 N–H and O–H groups in total. The highest BCUT2D eigenvalue weighted by molar-refractivity contribution is 5.48. The quantitative estimate of drug-likeness (QED) is 0.615. The number of hydrogen-bond acceptors (Lipinski definition) is 3. The smallest absolute Gasteiger partial charge is 0.253 e. The standard InChI is InChI=1S/C14H18F4N2O/c1-2-6-20(8-9-5-3-4-7-21-9)12-10(15)13(17)19-14(18)11(12)16/h9H,2-8H2,1H3. The number of pyridine rings is 1. The van der Waals surface area contributed by atoms with Gasteiger partial charge in [-0.3, -0.25) is 0 Å². The molecule has 118 valence electrons. The third kappa shape index (κ3) is 3.64. The van der Waals surface area contributed by atoms with Crippen LogP contribution >= 0.6 is 0 Å². The molecule has 2 heterocycles. The van der Waals surface area contributed by atoms with Crippen molar-refractivity contribution in [2.45, 2.75) is 38.7 Å². The largest absolute Gasteiger partial charge is 0.376 e. The van der Waals surface area contributed by atoms with Crippen LogP contribution in [0.15, 0.2) is 0 Å². The van der Waals surface area contributed by atoms with Crippen molar-refractivity contribution < 1.29 is 22.3 Å². The van der Waals surface area contributed by atoms with Gasteiger partial charge in [0.05, 0.1) is 6.10 Å². The Morgan fingerprint density at radius 2 is 1.81 bits per heavy atom. The Bertz CT molecular complexity index is 466. The van der Waals surface area contributed by atoms with Gasteiger partial charge in [-0.15, -0.1) is 0 Å². The van der Waals surface area contributed by atoms with Gasteiger partial charge in [-0.25, -0.2) is 0 Å². The molecule has 21 heavy (non-hydrogen) atoms. The van der Waals surface area contributed by atoms with Gasteiger partial charge < -0.3 is 9.64 Å². The van der Waals surface area contributed by atoms with E-state index in [1.165, 1.54) is 4.90 Å². The number of hydrogen-bond donors (Lipinski definition) is 0. The number of rotatable bonds is 5. The summed E-state index contributed by atoms with van der Waals surface area (Å²) in [6.07, 6.45) is 3.07. The van der Waals surface area contributed by atoms with Crippen molar-refractivity contribution in [3.05, 3.63) is 23.5 Å². The molecule has 1 aliphatic rings. The monoisotopic (exact) mass is 306 g/mol. The summed E-state index contributed by atoms with van der Waals surface area (Å²) in [7, 11) is 0. The molecule has 1 aliphatic heterocycles. The normalized spacial score (nSPS) is 18.8. The first-order valence-corrected chi connectivity index (χ1v) is 7.11. The van der Waals surface area contributed by atoms with Gasteiger partial charge in [0.2, 0.25) is 11.6 Å². The maximum atomic E-state index is 13.8. The lowest BCUT2D eigenvalue weighted by atomic mass is 10.1. The van der Waals surface area contributed by atoms with E-state index in [1.807, 2.05) is 6.92 Å². The lowest BCUT2D eigenvalue weighted by molar-refractivity contribution is 0.0208. The molecule has 0 radical (unpaired) electrons. The van der Waals surface area contributed by atoms with Crippen LogP contribution in [0.4, 0.5) is 23.2 Å². The first-order chi connectivity index (χ1) is 10.0. The second-order valence-electron chi connectivity index (χ2n) is 5.10. The summed E-state index contributed by atoms with van der Waals surface area (Å²) in [6, 6.07) is 0. The molecule has 0 amide bonds. The summed E-state index contributed by atoms with van der Waals surface area (Å²) in [6.45, 7) is 2.88. The second kappa shape index (κ2) is 7.06. The fourth-order valence-electron chi connectivity index (χ4n) is 2.52. The molecule has 2 rings (SSSR count). The van der Waals surface area contributed by atoms with Crippen molar-refractivity contribution in [3.63, 3.8) is 0 Å². The maximum absolute atomic E-state index is 13.8. The van der Waals surface area contributed by atoms with Gasteiger partial charge in [-0.05, 0) is 25.7 Å². The van der Waals surface area contributed by atoms with Crippen molar-refractivity contribution in [3.8, 4) is 0 Å². The third-order valence-electron chi connectivity index (χ3n) is 3.48. The summed E-state index contributed by atoms with van der Waals surface area (Å²) in [5.41, 5.74) is -0.698. The number of anilines is 1. The molecule has 1 aromatic rings. The Morgan fingerprint density at radius 1 is 1.14 bits per heavy atom. The highest BCUT2D eigenvalue weighted by atomic mass is 19.2. The third-order valence-corrected chi connectivity index (χ3v) is 3.48. The van der Waals surface area contributed by atoms with Gasteiger partial charge in [0, 0.05) is 19.7 Å². The van der Waals surface area contributed by atoms with E-state index in [0.717, 1.165) is 19.3 Å². The average Bonchev–Trinajstić information content (AvgIpc) is 2.47. The summed E-state index contributed by atoms with van der Waals surface area (Å²) >= 11 is 0.